The molecule has 1 N–H and O–H groups in total. The topological polar surface area (TPSA) is 89.9 Å². The van der Waals surface area contributed by atoms with Gasteiger partial charge < -0.3 is 14.6 Å². The molecule has 0 saturated carbocycles. The molecule has 0 aromatic rings. The number of esters is 2. The molecule has 0 aliphatic rings. The normalized spacial score (nSPS) is 12.9. The molecule has 48 heavy (non-hydrogen) atoms. The Bertz CT molecular complexity index is 804. The Morgan fingerprint density at radius 2 is 1.10 bits per heavy atom. The molecule has 0 aliphatic heterocycles. The Morgan fingerprint density at radius 1 is 0.604 bits per heavy atom. The van der Waals surface area contributed by atoms with Crippen LogP contribution < -0.4 is 0 Å². The monoisotopic (exact) mass is 677 g/mol. The highest BCUT2D eigenvalue weighted by Crippen LogP contribution is 2.16. The van der Waals surface area contributed by atoms with E-state index >= 15 is 0 Å². The van der Waals surface area contributed by atoms with Crippen molar-refractivity contribution < 1.29 is 29.0 Å². The van der Waals surface area contributed by atoms with Crippen molar-refractivity contribution in [1.29, 1.82) is 0 Å². The Hall–Kier alpha value is -1.95. The highest BCUT2D eigenvalue weighted by Gasteiger charge is 2.16. The van der Waals surface area contributed by atoms with Crippen molar-refractivity contribution in [3.8, 4) is 0 Å². The largest absolute Gasteiger partial charge is 0.462 e. The highest BCUT2D eigenvalue weighted by molar-refractivity contribution is 5.89. The third kappa shape index (κ3) is 33.9. The van der Waals surface area contributed by atoms with Crippen LogP contribution in [-0.4, -0.2) is 42.1 Å². The van der Waals surface area contributed by atoms with E-state index < -0.39 is 6.10 Å². The minimum atomic E-state index is -0.814. The molecule has 0 amide bonds. The van der Waals surface area contributed by atoms with Crippen LogP contribution in [0, 0.1) is 5.92 Å². The van der Waals surface area contributed by atoms with Crippen LogP contribution in [0.4, 0.5) is 0 Å². The summed E-state index contributed by atoms with van der Waals surface area (Å²) < 4.78 is 10.6. The van der Waals surface area contributed by atoms with E-state index in [0.29, 0.717) is 19.3 Å². The van der Waals surface area contributed by atoms with Gasteiger partial charge in [-0.25, -0.2) is 0 Å². The number of ketones is 1. The fourth-order valence-electron chi connectivity index (χ4n) is 5.75. The third-order valence-corrected chi connectivity index (χ3v) is 9.26. The summed E-state index contributed by atoms with van der Waals surface area (Å²) in [6, 6.07) is 0. The SMILES string of the molecule is CCCCC/C=C\C=C\C(=O)CCCCCCCC(=O)O[C@@H](CO)COC(=O)CCCCCCCCCCCCCCCCC(C)CC. The smallest absolute Gasteiger partial charge is 0.306 e. The van der Waals surface area contributed by atoms with Crippen LogP contribution in [0.1, 0.15) is 201 Å². The van der Waals surface area contributed by atoms with E-state index in [0.717, 1.165) is 57.3 Å². The fraction of sp³-hybridized carbons (Fsp3) is 0.833. The van der Waals surface area contributed by atoms with Crippen molar-refractivity contribution in [2.75, 3.05) is 13.2 Å². The minimum absolute atomic E-state index is 0.101. The Labute approximate surface area is 296 Å². The van der Waals surface area contributed by atoms with Gasteiger partial charge in [0.15, 0.2) is 11.9 Å². The lowest BCUT2D eigenvalue weighted by Gasteiger charge is -2.15. The van der Waals surface area contributed by atoms with Crippen LogP contribution in [0.3, 0.4) is 0 Å². The Kier molecular flexibility index (Phi) is 34.9. The number of carbonyl (C=O) groups excluding carboxylic acids is 3. The van der Waals surface area contributed by atoms with Gasteiger partial charge in [0.1, 0.15) is 6.61 Å². The number of ether oxygens (including phenoxy) is 2. The maximum absolute atomic E-state index is 12.2. The molecule has 0 aliphatic carbocycles. The summed E-state index contributed by atoms with van der Waals surface area (Å²) in [5, 5.41) is 9.55. The summed E-state index contributed by atoms with van der Waals surface area (Å²) in [6.07, 6.45) is 37.6. The van der Waals surface area contributed by atoms with Crippen LogP contribution in [0.5, 0.6) is 0 Å². The van der Waals surface area contributed by atoms with Crippen molar-refractivity contribution in [3.63, 3.8) is 0 Å². The average molecular weight is 677 g/mol. The Morgan fingerprint density at radius 3 is 1.62 bits per heavy atom. The van der Waals surface area contributed by atoms with Gasteiger partial charge in [-0.3, -0.25) is 14.4 Å². The maximum atomic E-state index is 12.2. The van der Waals surface area contributed by atoms with Crippen molar-refractivity contribution in [2.24, 2.45) is 5.92 Å². The fourth-order valence-corrected chi connectivity index (χ4v) is 5.75. The molecule has 0 rings (SSSR count). The van der Waals surface area contributed by atoms with Crippen molar-refractivity contribution in [3.05, 3.63) is 24.3 Å². The maximum Gasteiger partial charge on any atom is 0.306 e. The third-order valence-electron chi connectivity index (χ3n) is 9.26. The van der Waals surface area contributed by atoms with Gasteiger partial charge in [0.25, 0.3) is 0 Å². The van der Waals surface area contributed by atoms with Gasteiger partial charge in [0, 0.05) is 19.3 Å². The summed E-state index contributed by atoms with van der Waals surface area (Å²) in [6.45, 7) is 6.38. The molecule has 0 aromatic carbocycles. The van der Waals surface area contributed by atoms with Crippen LogP contribution in [0.25, 0.3) is 0 Å². The molecule has 0 heterocycles. The lowest BCUT2D eigenvalue weighted by atomic mass is 9.99. The molecule has 6 nitrogen and oxygen atoms in total. The van der Waals surface area contributed by atoms with Crippen molar-refractivity contribution in [1.82, 2.24) is 0 Å². The number of aliphatic hydroxyl groups excluding tert-OH is 1. The number of allylic oxidation sites excluding steroid dienone is 4. The second-order valence-electron chi connectivity index (χ2n) is 14.0. The molecule has 0 aromatic heterocycles. The van der Waals surface area contributed by atoms with Gasteiger partial charge in [0.2, 0.25) is 0 Å². The second-order valence-corrected chi connectivity index (χ2v) is 14.0. The van der Waals surface area contributed by atoms with Gasteiger partial charge in [-0.1, -0.05) is 167 Å². The number of unbranched alkanes of at least 4 members (excludes halogenated alkanes) is 20. The summed E-state index contributed by atoms with van der Waals surface area (Å²) in [4.78, 5) is 36.2. The molecule has 0 radical (unpaired) electrons. The zero-order valence-corrected chi connectivity index (χ0v) is 31.7. The predicted octanol–water partition coefficient (Wildman–Crippen LogP) is 11.7. The minimum Gasteiger partial charge on any atom is -0.462 e. The van der Waals surface area contributed by atoms with Gasteiger partial charge in [-0.05, 0) is 44.1 Å². The first kappa shape index (κ1) is 46.0. The predicted molar refractivity (Wildman–Crippen MR) is 201 cm³/mol. The molecule has 0 saturated heterocycles. The van der Waals surface area contributed by atoms with Crippen molar-refractivity contribution in [2.45, 2.75) is 207 Å². The average Bonchev–Trinajstić information content (AvgIpc) is 3.08. The molecule has 6 heteroatoms. The summed E-state index contributed by atoms with van der Waals surface area (Å²) in [5.74, 6) is 0.373. The van der Waals surface area contributed by atoms with Gasteiger partial charge in [-0.15, -0.1) is 0 Å². The van der Waals surface area contributed by atoms with Gasteiger partial charge in [0.05, 0.1) is 6.61 Å². The number of aliphatic hydroxyl groups is 1. The number of hydrogen-bond donors (Lipinski definition) is 1. The van der Waals surface area contributed by atoms with E-state index in [-0.39, 0.29) is 37.4 Å². The quantitative estimate of drug-likeness (QED) is 0.0307. The lowest BCUT2D eigenvalue weighted by molar-refractivity contribution is -0.161. The summed E-state index contributed by atoms with van der Waals surface area (Å²) in [5.41, 5.74) is 0. The van der Waals surface area contributed by atoms with Crippen LogP contribution in [0.15, 0.2) is 24.3 Å². The standard InChI is InChI=1S/C42H76O6/c1-4-6-7-8-17-22-27-32-39(44)33-28-23-20-25-30-35-42(46)48-40(36-43)37-47-41(45)34-29-24-19-16-14-12-10-9-11-13-15-18-21-26-31-38(3)5-2/h17,22,27,32,38,40,43H,4-16,18-21,23-26,28-31,33-37H2,1-3H3/b22-17-,32-27+/t38?,40-/m0/s1. The molecule has 1 unspecified atom stereocenters. The molecule has 0 bridgehead atoms. The second kappa shape index (κ2) is 36.3. The van der Waals surface area contributed by atoms with E-state index in [4.69, 9.17) is 9.47 Å². The molecule has 0 spiro atoms. The zero-order chi connectivity index (χ0) is 35.3. The highest BCUT2D eigenvalue weighted by atomic mass is 16.6. The summed E-state index contributed by atoms with van der Waals surface area (Å²) in [7, 11) is 0. The molecule has 280 valence electrons. The van der Waals surface area contributed by atoms with Crippen LogP contribution >= 0.6 is 0 Å². The molecular weight excluding hydrogens is 600 g/mol. The first-order chi connectivity index (χ1) is 23.4. The molecular formula is C42H76O6. The first-order valence-corrected chi connectivity index (χ1v) is 20.2. The van der Waals surface area contributed by atoms with Crippen molar-refractivity contribution >= 4 is 17.7 Å². The van der Waals surface area contributed by atoms with E-state index in [9.17, 15) is 19.5 Å². The lowest BCUT2D eigenvalue weighted by Crippen LogP contribution is -2.28. The number of carbonyl (C=O) groups is 3. The summed E-state index contributed by atoms with van der Waals surface area (Å²) >= 11 is 0. The van der Waals surface area contributed by atoms with E-state index in [1.165, 1.54) is 103 Å². The Balaban J connectivity index is 3.61. The van der Waals surface area contributed by atoms with Crippen LogP contribution in [-0.2, 0) is 23.9 Å². The van der Waals surface area contributed by atoms with Gasteiger partial charge >= 0.3 is 11.9 Å². The first-order valence-electron chi connectivity index (χ1n) is 20.2. The number of hydrogen-bond acceptors (Lipinski definition) is 6. The zero-order valence-electron chi connectivity index (χ0n) is 31.7. The molecule has 0 fully saturated rings. The van der Waals surface area contributed by atoms with E-state index in [2.05, 4.69) is 26.8 Å². The van der Waals surface area contributed by atoms with Crippen LogP contribution in [0.2, 0.25) is 0 Å². The van der Waals surface area contributed by atoms with E-state index in [1.807, 2.05) is 12.2 Å². The van der Waals surface area contributed by atoms with E-state index in [1.54, 1.807) is 6.08 Å². The van der Waals surface area contributed by atoms with Gasteiger partial charge in [-0.2, -0.15) is 0 Å². The molecule has 2 atom stereocenters. The number of rotatable bonds is 36.